The van der Waals surface area contributed by atoms with Gasteiger partial charge in [0.05, 0.1) is 6.10 Å². The SMILES string of the molecule is CCCO[C@H]1CCCN(C(=O)[C@@H](NC(N)=O)C(C)(C)C)CC1. The van der Waals surface area contributed by atoms with Crippen LogP contribution in [0.15, 0.2) is 0 Å². The minimum Gasteiger partial charge on any atom is -0.378 e. The first-order chi connectivity index (χ1) is 10.3. The van der Waals surface area contributed by atoms with Crippen molar-refractivity contribution in [2.75, 3.05) is 19.7 Å². The van der Waals surface area contributed by atoms with Gasteiger partial charge in [0.15, 0.2) is 0 Å². The lowest BCUT2D eigenvalue weighted by Gasteiger charge is -2.34. The highest BCUT2D eigenvalue weighted by Crippen LogP contribution is 2.23. The van der Waals surface area contributed by atoms with E-state index in [1.807, 2.05) is 25.7 Å². The van der Waals surface area contributed by atoms with Crippen LogP contribution >= 0.6 is 0 Å². The fourth-order valence-electron chi connectivity index (χ4n) is 2.71. The Labute approximate surface area is 133 Å². The Morgan fingerprint density at radius 3 is 2.55 bits per heavy atom. The van der Waals surface area contributed by atoms with Crippen LogP contribution in [0.5, 0.6) is 0 Å². The van der Waals surface area contributed by atoms with Crippen LogP contribution in [0.1, 0.15) is 53.4 Å². The smallest absolute Gasteiger partial charge is 0.312 e. The van der Waals surface area contributed by atoms with Crippen molar-refractivity contribution in [2.24, 2.45) is 11.1 Å². The van der Waals surface area contributed by atoms with Crippen LogP contribution < -0.4 is 11.1 Å². The second-order valence-corrected chi connectivity index (χ2v) is 7.06. The van der Waals surface area contributed by atoms with Crippen molar-refractivity contribution >= 4 is 11.9 Å². The summed E-state index contributed by atoms with van der Waals surface area (Å²) in [5.41, 5.74) is 4.85. The van der Waals surface area contributed by atoms with E-state index in [0.717, 1.165) is 32.3 Å². The summed E-state index contributed by atoms with van der Waals surface area (Å²) in [4.78, 5) is 25.8. The third-order valence-corrected chi connectivity index (χ3v) is 3.94. The average molecular weight is 313 g/mol. The molecule has 6 heteroatoms. The van der Waals surface area contributed by atoms with E-state index in [9.17, 15) is 9.59 Å². The van der Waals surface area contributed by atoms with Gasteiger partial charge >= 0.3 is 6.03 Å². The Balaban J connectivity index is 2.68. The van der Waals surface area contributed by atoms with Gasteiger partial charge in [0.2, 0.25) is 5.91 Å². The minimum atomic E-state index is -0.660. The van der Waals surface area contributed by atoms with Gasteiger partial charge < -0.3 is 20.7 Å². The van der Waals surface area contributed by atoms with E-state index < -0.39 is 12.1 Å². The summed E-state index contributed by atoms with van der Waals surface area (Å²) in [5.74, 6) is -0.0533. The van der Waals surface area contributed by atoms with E-state index in [-0.39, 0.29) is 17.4 Å². The molecular weight excluding hydrogens is 282 g/mol. The monoisotopic (exact) mass is 313 g/mol. The highest BCUT2D eigenvalue weighted by Gasteiger charge is 2.35. The topological polar surface area (TPSA) is 84.7 Å². The number of primary amides is 1. The molecule has 1 rings (SSSR count). The zero-order chi connectivity index (χ0) is 16.8. The lowest BCUT2D eigenvalue weighted by Crippen LogP contribution is -2.56. The van der Waals surface area contributed by atoms with E-state index >= 15 is 0 Å². The molecule has 0 saturated carbocycles. The maximum absolute atomic E-state index is 12.8. The van der Waals surface area contributed by atoms with Gasteiger partial charge in [-0.25, -0.2) is 4.79 Å². The largest absolute Gasteiger partial charge is 0.378 e. The molecule has 3 amide bonds. The van der Waals surface area contributed by atoms with Gasteiger partial charge in [0, 0.05) is 19.7 Å². The molecule has 1 saturated heterocycles. The summed E-state index contributed by atoms with van der Waals surface area (Å²) < 4.78 is 5.80. The highest BCUT2D eigenvalue weighted by atomic mass is 16.5. The quantitative estimate of drug-likeness (QED) is 0.812. The molecule has 0 aromatic heterocycles. The van der Waals surface area contributed by atoms with Gasteiger partial charge in [0.25, 0.3) is 0 Å². The van der Waals surface area contributed by atoms with Crippen molar-refractivity contribution in [1.82, 2.24) is 10.2 Å². The first-order valence-electron chi connectivity index (χ1n) is 8.22. The summed E-state index contributed by atoms with van der Waals surface area (Å²) in [6, 6.07) is -1.26. The first-order valence-corrected chi connectivity index (χ1v) is 8.22. The number of carbonyl (C=O) groups is 2. The third-order valence-electron chi connectivity index (χ3n) is 3.94. The van der Waals surface area contributed by atoms with Crippen molar-refractivity contribution < 1.29 is 14.3 Å². The van der Waals surface area contributed by atoms with Crippen molar-refractivity contribution in [2.45, 2.75) is 65.5 Å². The highest BCUT2D eigenvalue weighted by molar-refractivity contribution is 5.87. The van der Waals surface area contributed by atoms with E-state index in [1.165, 1.54) is 0 Å². The van der Waals surface area contributed by atoms with E-state index in [0.29, 0.717) is 13.1 Å². The third kappa shape index (κ3) is 5.83. The minimum absolute atomic E-state index is 0.0533. The van der Waals surface area contributed by atoms with E-state index in [2.05, 4.69) is 12.2 Å². The second-order valence-electron chi connectivity index (χ2n) is 7.06. The summed E-state index contributed by atoms with van der Waals surface area (Å²) in [6.07, 6.45) is 3.99. The molecule has 1 heterocycles. The summed E-state index contributed by atoms with van der Waals surface area (Å²) >= 11 is 0. The van der Waals surface area contributed by atoms with Crippen molar-refractivity contribution in [3.05, 3.63) is 0 Å². The maximum Gasteiger partial charge on any atom is 0.312 e. The molecule has 1 aliphatic heterocycles. The molecule has 3 N–H and O–H groups in total. The lowest BCUT2D eigenvalue weighted by atomic mass is 9.85. The molecule has 1 fully saturated rings. The number of nitrogens with two attached hydrogens (primary N) is 1. The van der Waals surface area contributed by atoms with Crippen LogP contribution in [0.2, 0.25) is 0 Å². The fraction of sp³-hybridized carbons (Fsp3) is 0.875. The summed E-state index contributed by atoms with van der Waals surface area (Å²) in [5, 5.41) is 2.60. The Bertz CT molecular complexity index is 379. The van der Waals surface area contributed by atoms with Crippen molar-refractivity contribution in [3.8, 4) is 0 Å². The maximum atomic E-state index is 12.8. The van der Waals surface area contributed by atoms with Gasteiger partial charge in [-0.2, -0.15) is 0 Å². The second kappa shape index (κ2) is 8.36. The lowest BCUT2D eigenvalue weighted by molar-refractivity contribution is -0.135. The molecule has 0 radical (unpaired) electrons. The number of carbonyl (C=O) groups excluding carboxylic acids is 2. The molecule has 1 aliphatic rings. The Kier molecular flexibility index (Phi) is 7.13. The number of rotatable bonds is 5. The average Bonchev–Trinajstić information content (AvgIpc) is 2.66. The normalized spacial score (nSPS) is 21.1. The molecule has 22 heavy (non-hydrogen) atoms. The van der Waals surface area contributed by atoms with Crippen LogP contribution in [0.25, 0.3) is 0 Å². The summed E-state index contributed by atoms with van der Waals surface area (Å²) in [6.45, 7) is 10.0. The van der Waals surface area contributed by atoms with Crippen LogP contribution in [-0.4, -0.2) is 48.7 Å². The molecule has 0 aromatic rings. The van der Waals surface area contributed by atoms with Gasteiger partial charge in [-0.1, -0.05) is 27.7 Å². The summed E-state index contributed by atoms with van der Waals surface area (Å²) in [7, 11) is 0. The molecular formula is C16H31N3O3. The van der Waals surface area contributed by atoms with Gasteiger partial charge in [-0.15, -0.1) is 0 Å². The van der Waals surface area contributed by atoms with Crippen LogP contribution in [0.3, 0.4) is 0 Å². The molecule has 0 aliphatic carbocycles. The molecule has 0 bridgehead atoms. The number of ether oxygens (including phenoxy) is 1. The van der Waals surface area contributed by atoms with Crippen molar-refractivity contribution in [3.63, 3.8) is 0 Å². The van der Waals surface area contributed by atoms with E-state index in [1.54, 1.807) is 0 Å². The first kappa shape index (κ1) is 18.7. The number of nitrogens with zero attached hydrogens (tertiary/aromatic N) is 1. The zero-order valence-corrected chi connectivity index (χ0v) is 14.4. The number of hydrogen-bond acceptors (Lipinski definition) is 3. The molecule has 2 atom stereocenters. The number of likely N-dealkylation sites (tertiary alicyclic amines) is 1. The standard InChI is InChI=1S/C16H31N3O3/c1-5-11-22-12-7-6-9-19(10-8-12)14(20)13(16(2,3)4)18-15(17)21/h12-13H,5-11H2,1-4H3,(H3,17,18,21)/t12-,13+/m0/s1. The molecule has 0 unspecified atom stereocenters. The number of hydrogen-bond donors (Lipinski definition) is 2. The predicted octanol–water partition coefficient (Wildman–Crippen LogP) is 1.88. The van der Waals surface area contributed by atoms with E-state index in [4.69, 9.17) is 10.5 Å². The fourth-order valence-corrected chi connectivity index (χ4v) is 2.71. The Morgan fingerprint density at radius 1 is 1.32 bits per heavy atom. The molecule has 0 aromatic carbocycles. The zero-order valence-electron chi connectivity index (χ0n) is 14.4. The Morgan fingerprint density at radius 2 is 2.00 bits per heavy atom. The number of amides is 3. The molecule has 0 spiro atoms. The van der Waals surface area contributed by atoms with Gasteiger partial charge in [-0.3, -0.25) is 4.79 Å². The van der Waals surface area contributed by atoms with Gasteiger partial charge in [0.1, 0.15) is 6.04 Å². The Hall–Kier alpha value is -1.30. The molecule has 6 nitrogen and oxygen atoms in total. The van der Waals surface area contributed by atoms with Crippen molar-refractivity contribution in [1.29, 1.82) is 0 Å². The number of urea groups is 1. The van der Waals surface area contributed by atoms with Crippen LogP contribution in [-0.2, 0) is 9.53 Å². The number of nitrogens with one attached hydrogen (secondary N) is 1. The van der Waals surface area contributed by atoms with Crippen LogP contribution in [0, 0.1) is 5.41 Å². The van der Waals surface area contributed by atoms with Gasteiger partial charge in [-0.05, 0) is 31.1 Å². The predicted molar refractivity (Wildman–Crippen MR) is 86.4 cm³/mol. The van der Waals surface area contributed by atoms with Crippen LogP contribution in [0.4, 0.5) is 4.79 Å². The molecule has 128 valence electrons.